The Bertz CT molecular complexity index is 450. The topological polar surface area (TPSA) is 12.9 Å². The molecular formula is C9H5F8N. The molecule has 0 saturated carbocycles. The largest absolute Gasteiger partial charge is 0.460 e. The van der Waals surface area contributed by atoms with Crippen LogP contribution in [0.5, 0.6) is 0 Å². The molecule has 0 fully saturated rings. The molecule has 1 heterocycles. The number of rotatable bonds is 2. The van der Waals surface area contributed by atoms with Gasteiger partial charge >= 0.3 is 18.0 Å². The maximum Gasteiger partial charge on any atom is 0.460 e. The van der Waals surface area contributed by atoms with Crippen molar-refractivity contribution >= 4 is 0 Å². The Hall–Kier alpha value is -1.41. The van der Waals surface area contributed by atoms with Gasteiger partial charge in [0.05, 0.1) is 5.69 Å². The standard InChI is InChI=1S/C9H5F8N/c1-4-6(10)2-5(3-18-4)7(11,12)8(13,14)9(15,16)17/h2-3H,1H3. The van der Waals surface area contributed by atoms with Gasteiger partial charge in [-0.1, -0.05) is 0 Å². The van der Waals surface area contributed by atoms with Crippen molar-refractivity contribution in [2.75, 3.05) is 0 Å². The molecule has 1 rings (SSSR count). The molecule has 0 aliphatic carbocycles. The highest BCUT2D eigenvalue weighted by Crippen LogP contribution is 2.51. The van der Waals surface area contributed by atoms with Gasteiger partial charge in [-0.15, -0.1) is 0 Å². The molecule has 0 amide bonds. The molecule has 9 heteroatoms. The molecule has 0 bridgehead atoms. The lowest BCUT2D eigenvalue weighted by molar-refractivity contribution is -0.359. The number of aryl methyl sites for hydroxylation is 1. The van der Waals surface area contributed by atoms with Gasteiger partial charge < -0.3 is 0 Å². The van der Waals surface area contributed by atoms with Gasteiger partial charge in [-0.05, 0) is 13.0 Å². The van der Waals surface area contributed by atoms with E-state index in [1.807, 2.05) is 0 Å². The van der Waals surface area contributed by atoms with E-state index >= 15 is 0 Å². The minimum absolute atomic E-state index is 0.0814. The lowest BCUT2D eigenvalue weighted by Gasteiger charge is -2.28. The van der Waals surface area contributed by atoms with Crippen LogP contribution in [0.3, 0.4) is 0 Å². The number of aromatic nitrogens is 1. The van der Waals surface area contributed by atoms with Crippen molar-refractivity contribution in [1.82, 2.24) is 4.98 Å². The molecule has 1 nitrogen and oxygen atoms in total. The maximum absolute atomic E-state index is 13.1. The molecule has 0 aromatic carbocycles. The lowest BCUT2D eigenvalue weighted by atomic mass is 10.0. The molecule has 0 N–H and O–H groups in total. The molecule has 0 unspecified atom stereocenters. The van der Waals surface area contributed by atoms with E-state index < -0.39 is 35.1 Å². The summed E-state index contributed by atoms with van der Waals surface area (Å²) in [6.45, 7) is 1.04. The normalized spacial score (nSPS) is 13.8. The average Bonchev–Trinajstić information content (AvgIpc) is 2.20. The number of hydrogen-bond donors (Lipinski definition) is 0. The van der Waals surface area contributed by atoms with Gasteiger partial charge in [-0.2, -0.15) is 30.7 Å². The van der Waals surface area contributed by atoms with Crippen molar-refractivity contribution in [3.05, 3.63) is 29.3 Å². The first-order chi connectivity index (χ1) is 7.91. The third kappa shape index (κ3) is 2.13. The summed E-state index contributed by atoms with van der Waals surface area (Å²) in [5, 5.41) is 0. The second-order valence-electron chi connectivity index (χ2n) is 3.44. The van der Waals surface area contributed by atoms with Crippen LogP contribution in [0.4, 0.5) is 35.1 Å². The fraction of sp³-hybridized carbons (Fsp3) is 0.444. The summed E-state index contributed by atoms with van der Waals surface area (Å²) in [4.78, 5) is 2.98. The molecule has 0 atom stereocenters. The SMILES string of the molecule is Cc1ncc(C(F)(F)C(F)(F)C(F)(F)F)cc1F. The summed E-state index contributed by atoms with van der Waals surface area (Å²) >= 11 is 0. The minimum Gasteiger partial charge on any atom is -0.258 e. The van der Waals surface area contributed by atoms with Gasteiger partial charge in [-0.3, -0.25) is 4.98 Å². The van der Waals surface area contributed by atoms with Crippen LogP contribution in [0.15, 0.2) is 12.3 Å². The molecule has 102 valence electrons. The zero-order chi connectivity index (χ0) is 14.4. The molecule has 18 heavy (non-hydrogen) atoms. The fourth-order valence-electron chi connectivity index (χ4n) is 1.04. The van der Waals surface area contributed by atoms with Gasteiger partial charge in [0.25, 0.3) is 0 Å². The highest BCUT2D eigenvalue weighted by Gasteiger charge is 2.73. The first kappa shape index (κ1) is 14.7. The van der Waals surface area contributed by atoms with E-state index in [0.717, 1.165) is 6.92 Å². The third-order valence-corrected chi connectivity index (χ3v) is 2.14. The quantitative estimate of drug-likeness (QED) is 0.750. The predicted molar refractivity (Wildman–Crippen MR) is 43.8 cm³/mol. The van der Waals surface area contributed by atoms with Crippen molar-refractivity contribution in [3.63, 3.8) is 0 Å². The molecular weight excluding hydrogens is 274 g/mol. The Kier molecular flexibility index (Phi) is 3.30. The van der Waals surface area contributed by atoms with E-state index in [4.69, 9.17) is 0 Å². The van der Waals surface area contributed by atoms with Gasteiger partial charge in [0.1, 0.15) is 5.82 Å². The summed E-state index contributed by atoms with van der Waals surface area (Å²) in [6.07, 6.45) is -6.38. The zero-order valence-electron chi connectivity index (χ0n) is 8.63. The Morgan fingerprint density at radius 2 is 1.50 bits per heavy atom. The summed E-state index contributed by atoms with van der Waals surface area (Å²) in [6, 6.07) is -0.0953. The van der Waals surface area contributed by atoms with Gasteiger partial charge in [-0.25, -0.2) is 4.39 Å². The second kappa shape index (κ2) is 4.06. The van der Waals surface area contributed by atoms with E-state index in [0.29, 0.717) is 0 Å². The highest BCUT2D eigenvalue weighted by atomic mass is 19.4. The molecule has 0 spiro atoms. The van der Waals surface area contributed by atoms with Crippen molar-refractivity contribution < 1.29 is 35.1 Å². The van der Waals surface area contributed by atoms with Gasteiger partial charge in [0, 0.05) is 11.8 Å². The zero-order valence-corrected chi connectivity index (χ0v) is 8.63. The Balaban J connectivity index is 3.33. The van der Waals surface area contributed by atoms with Crippen LogP contribution in [-0.4, -0.2) is 17.1 Å². The maximum atomic E-state index is 13.1. The number of pyridine rings is 1. The van der Waals surface area contributed by atoms with Crippen LogP contribution < -0.4 is 0 Å². The van der Waals surface area contributed by atoms with E-state index in [9.17, 15) is 35.1 Å². The highest BCUT2D eigenvalue weighted by molar-refractivity contribution is 5.23. The van der Waals surface area contributed by atoms with E-state index in [-0.39, 0.29) is 12.3 Å². The summed E-state index contributed by atoms with van der Waals surface area (Å²) in [5.41, 5.74) is -2.24. The van der Waals surface area contributed by atoms with Crippen molar-refractivity contribution in [2.24, 2.45) is 0 Å². The van der Waals surface area contributed by atoms with E-state index in [1.54, 1.807) is 0 Å². The third-order valence-electron chi connectivity index (χ3n) is 2.14. The molecule has 0 aliphatic rings. The van der Waals surface area contributed by atoms with E-state index in [1.165, 1.54) is 0 Å². The van der Waals surface area contributed by atoms with Gasteiger partial charge in [0.2, 0.25) is 0 Å². The van der Waals surface area contributed by atoms with Crippen LogP contribution in [-0.2, 0) is 5.92 Å². The Morgan fingerprint density at radius 1 is 1.00 bits per heavy atom. The fourth-order valence-corrected chi connectivity index (χ4v) is 1.04. The van der Waals surface area contributed by atoms with Crippen LogP contribution in [0.1, 0.15) is 11.3 Å². The summed E-state index contributed by atoms with van der Waals surface area (Å²) < 4.78 is 99.8. The second-order valence-corrected chi connectivity index (χ2v) is 3.44. The molecule has 0 aliphatic heterocycles. The Labute approximate surface area is 95.4 Å². The molecule has 1 aromatic heterocycles. The van der Waals surface area contributed by atoms with Crippen molar-refractivity contribution in [2.45, 2.75) is 24.9 Å². The predicted octanol–water partition coefficient (Wildman–Crippen LogP) is 3.82. The van der Waals surface area contributed by atoms with Crippen LogP contribution in [0, 0.1) is 12.7 Å². The average molecular weight is 279 g/mol. The number of hydrogen-bond acceptors (Lipinski definition) is 1. The molecule has 0 saturated heterocycles. The first-order valence-electron chi connectivity index (χ1n) is 4.36. The monoisotopic (exact) mass is 279 g/mol. The molecule has 0 radical (unpaired) electrons. The van der Waals surface area contributed by atoms with Crippen molar-refractivity contribution in [3.8, 4) is 0 Å². The summed E-state index contributed by atoms with van der Waals surface area (Å²) in [7, 11) is 0. The molecule has 1 aromatic rings. The number of nitrogens with zero attached hydrogens (tertiary/aromatic N) is 1. The van der Waals surface area contributed by atoms with Crippen LogP contribution >= 0.6 is 0 Å². The number of halogens is 8. The van der Waals surface area contributed by atoms with E-state index in [2.05, 4.69) is 4.98 Å². The Morgan fingerprint density at radius 3 is 1.89 bits per heavy atom. The lowest BCUT2D eigenvalue weighted by Crippen LogP contribution is -2.50. The number of alkyl halides is 7. The van der Waals surface area contributed by atoms with Gasteiger partial charge in [0.15, 0.2) is 0 Å². The summed E-state index contributed by atoms with van der Waals surface area (Å²) in [5.74, 6) is -13.3. The smallest absolute Gasteiger partial charge is 0.258 e. The first-order valence-corrected chi connectivity index (χ1v) is 4.36. The van der Waals surface area contributed by atoms with Crippen LogP contribution in [0.2, 0.25) is 0 Å². The van der Waals surface area contributed by atoms with Crippen LogP contribution in [0.25, 0.3) is 0 Å². The van der Waals surface area contributed by atoms with Crippen molar-refractivity contribution in [1.29, 1.82) is 0 Å². The minimum atomic E-state index is -6.46.